The van der Waals surface area contributed by atoms with Crippen molar-refractivity contribution in [3.8, 4) is 0 Å². The van der Waals surface area contributed by atoms with Gasteiger partial charge in [0, 0.05) is 151 Å². The van der Waals surface area contributed by atoms with E-state index in [9.17, 15) is 10.1 Å². The Morgan fingerprint density at radius 1 is 0.780 bits per heavy atom. The number of nitrogens with two attached hydrogens (primary N) is 1. The topological polar surface area (TPSA) is 127 Å². The van der Waals surface area contributed by atoms with Gasteiger partial charge < -0.3 is 5.73 Å². The summed E-state index contributed by atoms with van der Waals surface area (Å²) in [6.45, 7) is 0. The van der Waals surface area contributed by atoms with Crippen LogP contribution in [0.15, 0.2) is 45.6 Å². The highest BCUT2D eigenvalue weighted by molar-refractivity contribution is 9.10. The largest absolute Gasteiger partial charge is 0.399 e. The van der Waals surface area contributed by atoms with Crippen LogP contribution < -0.4 is 5.73 Å². The van der Waals surface area contributed by atoms with Crippen LogP contribution >= 0.6 is 31.9 Å². The van der Waals surface area contributed by atoms with Crippen molar-refractivity contribution in [3.05, 3.63) is 55.7 Å². The first-order chi connectivity index (χ1) is 19.1. The number of rotatable bonds is 6. The predicted molar refractivity (Wildman–Crippen MR) is 196 cm³/mol. The third kappa shape index (κ3) is 12.4. The number of hydrogen-bond donors (Lipinski definition) is 3. The Morgan fingerprint density at radius 3 is 1.56 bits per heavy atom. The van der Waals surface area contributed by atoms with Gasteiger partial charge in [-0.15, -0.1) is 0 Å². The molecule has 4 rings (SSSR count). The molecule has 41 heavy (non-hydrogen) atoms. The Balaban J connectivity index is 0.000000279. The Hall–Kier alpha value is -1.36. The number of nitrogens with zero attached hydrogens (tertiary/aromatic N) is 3. The zero-order chi connectivity index (χ0) is 31.4. The minimum Gasteiger partial charge on any atom is -0.399 e. The number of fused-ring (bicyclic) bond motifs is 2. The summed E-state index contributed by atoms with van der Waals surface area (Å²) in [4.78, 5) is 10.0. The zero-order valence-corrected chi connectivity index (χ0v) is 24.9. The number of benzene rings is 2. The summed E-state index contributed by atoms with van der Waals surface area (Å²) in [7, 11) is 53.2. The lowest BCUT2D eigenvalue weighted by Crippen LogP contribution is -2.55. The molecule has 27 heteroatoms. The van der Waals surface area contributed by atoms with Gasteiger partial charge in [0.05, 0.1) is 16.0 Å². The molecule has 0 aliphatic heterocycles. The average Bonchev–Trinajstić information content (AvgIpc) is 3.46. The van der Waals surface area contributed by atoms with E-state index in [1.165, 1.54) is 19.2 Å². The van der Waals surface area contributed by atoms with Gasteiger partial charge in [0.2, 0.25) is 0 Å². The van der Waals surface area contributed by atoms with Gasteiger partial charge in [-0.2, -0.15) is 10.2 Å². The Kier molecular flexibility index (Phi) is 16.8. The SMILES string of the molecule is Nc1ccc2n[nH]c(Br)c2c1.O=[N+]([O-])c1ccc2n[nH]c(Br)c2c1.[B]B([B])B([B])B([B])[B].[B][B]B(B([B])[B])B([B])[B]. The molecule has 0 aliphatic carbocycles. The number of anilines is 1. The van der Waals surface area contributed by atoms with Crippen LogP contribution in [-0.4, -0.2) is 148 Å². The fraction of sp³-hybridized carbons (Fsp3) is 0. The Morgan fingerprint density at radius 2 is 1.22 bits per heavy atom. The number of halogens is 2. The highest BCUT2D eigenvalue weighted by Crippen LogP contribution is 2.25. The van der Waals surface area contributed by atoms with Crippen LogP contribution in [0, 0.1) is 10.1 Å². The molecule has 0 spiro atoms. The smallest absolute Gasteiger partial charge is 0.270 e. The maximum atomic E-state index is 10.4. The standard InChI is InChI=1S/C7H4BrN3O2.C7H6BrN3.B9.B8/c8-7-5-3-4(11(12)13)1-2-6(5)9-10-7;8-7-5-3-4(9)1-2-6(5)10-11-7;1-6-9(7(2)3)8(4)5;1-6(2)8(5)7(3)4/h1-3H,(H,9,10);1-3H,9H2,(H,10,11);;. The van der Waals surface area contributed by atoms with Gasteiger partial charge in [-0.25, -0.2) is 0 Å². The highest BCUT2D eigenvalue weighted by atomic mass is 79.9. The lowest BCUT2D eigenvalue weighted by molar-refractivity contribution is -0.384. The summed E-state index contributed by atoms with van der Waals surface area (Å²) < 4.78 is 1.53. The molecule has 2 aromatic carbocycles. The molecule has 21 radical (unpaired) electrons. The molecule has 2 aromatic heterocycles. The fourth-order valence-electron chi connectivity index (χ4n) is 2.85. The van der Waals surface area contributed by atoms with E-state index in [1.807, 2.05) is 18.2 Å². The van der Waals surface area contributed by atoms with Crippen LogP contribution in [0.25, 0.3) is 21.8 Å². The number of hydrogen-bond acceptors (Lipinski definition) is 5. The van der Waals surface area contributed by atoms with Crippen molar-refractivity contribution in [2.45, 2.75) is 0 Å². The van der Waals surface area contributed by atoms with Crippen molar-refractivity contribution in [1.82, 2.24) is 20.4 Å². The summed E-state index contributed by atoms with van der Waals surface area (Å²) in [6.07, 6.45) is -3.24. The molecule has 173 valence electrons. The summed E-state index contributed by atoms with van der Waals surface area (Å²) in [5.41, 5.74) is 8.03. The van der Waals surface area contributed by atoms with Crippen molar-refractivity contribution in [2.24, 2.45) is 0 Å². The minimum absolute atomic E-state index is 0.0644. The maximum Gasteiger partial charge on any atom is 0.270 e. The normalized spacial score (nSPS) is 9.51. The molecular weight excluding hydrogens is 628 g/mol. The number of nitrogen functional groups attached to an aromatic ring is 1. The molecule has 0 aliphatic rings. The second-order valence-electron chi connectivity index (χ2n) is 8.47. The third-order valence-electron chi connectivity index (χ3n) is 5.23. The predicted octanol–water partition coefficient (Wildman–Crippen LogP) is -2.33. The van der Waals surface area contributed by atoms with E-state index in [2.05, 4.69) is 52.3 Å². The first-order valence-corrected chi connectivity index (χ1v) is 13.2. The Labute approximate surface area is 273 Å². The van der Waals surface area contributed by atoms with E-state index in [1.54, 1.807) is 6.07 Å². The minimum atomic E-state index is -0.630. The van der Waals surface area contributed by atoms with Gasteiger partial charge in [-0.05, 0) is 56.1 Å². The highest BCUT2D eigenvalue weighted by Gasteiger charge is 2.18. The number of aromatic nitrogens is 4. The van der Waals surface area contributed by atoms with Crippen LogP contribution in [0.1, 0.15) is 0 Å². The van der Waals surface area contributed by atoms with Crippen molar-refractivity contribution < 1.29 is 4.92 Å². The molecule has 0 atom stereocenters. The second kappa shape index (κ2) is 18.3. The van der Waals surface area contributed by atoms with Gasteiger partial charge in [-0.3, -0.25) is 20.3 Å². The summed E-state index contributed by atoms with van der Waals surface area (Å²) in [5, 5.41) is 25.6. The van der Waals surface area contributed by atoms with Crippen LogP contribution in [0.5, 0.6) is 0 Å². The van der Waals surface area contributed by atoms with E-state index in [-0.39, 0.29) is 12.1 Å². The molecule has 0 saturated carbocycles. The number of nitro groups is 1. The number of nitrogens with one attached hydrogen (secondary N) is 2. The van der Waals surface area contributed by atoms with Gasteiger partial charge in [0.1, 0.15) is 9.21 Å². The van der Waals surface area contributed by atoms with Gasteiger partial charge in [0.15, 0.2) is 0 Å². The van der Waals surface area contributed by atoms with Gasteiger partial charge >= 0.3 is 0 Å². The van der Waals surface area contributed by atoms with Gasteiger partial charge in [-0.1, -0.05) is 0 Å². The number of nitro benzene ring substituents is 1. The van der Waals surface area contributed by atoms with Crippen LogP contribution in [0.2, 0.25) is 0 Å². The number of aromatic amines is 2. The molecule has 0 fully saturated rings. The van der Waals surface area contributed by atoms with Crippen molar-refractivity contribution >= 4 is 188 Å². The molecular formula is C14H10B17Br2N6O2. The molecule has 8 nitrogen and oxygen atoms in total. The molecule has 4 N–H and O–H groups in total. The average molecular weight is 638 g/mol. The van der Waals surface area contributed by atoms with Crippen molar-refractivity contribution in [2.75, 3.05) is 5.73 Å². The lowest BCUT2D eigenvalue weighted by Gasteiger charge is -2.17. The van der Waals surface area contributed by atoms with E-state index < -0.39 is 36.8 Å². The molecule has 0 unspecified atom stereocenters. The first-order valence-electron chi connectivity index (χ1n) is 11.6. The molecule has 2 heterocycles. The van der Waals surface area contributed by atoms with E-state index >= 15 is 0 Å². The summed E-state index contributed by atoms with van der Waals surface area (Å²) in [6, 6.07) is 10.1. The Bertz CT molecular complexity index is 1360. The summed E-state index contributed by atoms with van der Waals surface area (Å²) >= 11 is 6.54. The van der Waals surface area contributed by atoms with Crippen molar-refractivity contribution in [3.63, 3.8) is 0 Å². The zero-order valence-electron chi connectivity index (χ0n) is 21.8. The summed E-state index contributed by atoms with van der Waals surface area (Å²) in [5.74, 6) is 0. The maximum absolute atomic E-state index is 10.4. The van der Waals surface area contributed by atoms with E-state index in [4.69, 9.17) is 83.1 Å². The van der Waals surface area contributed by atoms with Gasteiger partial charge in [0.25, 0.3) is 5.69 Å². The van der Waals surface area contributed by atoms with Crippen LogP contribution in [0.3, 0.4) is 0 Å². The molecule has 4 aromatic rings. The van der Waals surface area contributed by atoms with E-state index in [0.717, 1.165) is 21.2 Å². The quantitative estimate of drug-likeness (QED) is 0.0947. The first kappa shape index (κ1) is 37.7. The molecule has 0 amide bonds. The second-order valence-corrected chi connectivity index (χ2v) is 10.1. The van der Waals surface area contributed by atoms with Crippen molar-refractivity contribution in [1.29, 1.82) is 0 Å². The third-order valence-corrected chi connectivity index (χ3v) is 6.44. The number of non-ortho nitro benzene ring substituents is 1. The van der Waals surface area contributed by atoms with E-state index in [0.29, 0.717) is 15.5 Å². The fourth-order valence-corrected chi connectivity index (χ4v) is 3.66. The number of H-pyrrole nitrogens is 2. The van der Waals surface area contributed by atoms with Crippen LogP contribution in [-0.2, 0) is 0 Å². The van der Waals surface area contributed by atoms with Crippen LogP contribution in [0.4, 0.5) is 11.4 Å². The lowest BCUT2D eigenvalue weighted by atomic mass is 8.64. The molecule has 0 saturated heterocycles. The monoisotopic (exact) mass is 639 g/mol. The molecule has 0 bridgehead atoms.